The predicted octanol–water partition coefficient (Wildman–Crippen LogP) is 2.59. The van der Waals surface area contributed by atoms with Crippen molar-refractivity contribution in [2.75, 3.05) is 5.32 Å². The zero-order valence-electron chi connectivity index (χ0n) is 12.5. The van der Waals surface area contributed by atoms with Gasteiger partial charge in [0, 0.05) is 0 Å². The van der Waals surface area contributed by atoms with Crippen molar-refractivity contribution in [1.82, 2.24) is 14.4 Å². The van der Waals surface area contributed by atoms with Gasteiger partial charge in [0.15, 0.2) is 0 Å². The van der Waals surface area contributed by atoms with Gasteiger partial charge < -0.3 is 0 Å². The molecule has 2 radical (unpaired) electrons. The number of carboxylic acids is 1. The second-order valence-electron chi connectivity index (χ2n) is 5.18. The average molecular weight is 444 g/mol. The van der Waals surface area contributed by atoms with Gasteiger partial charge in [-0.15, -0.1) is 0 Å². The molecule has 4 heterocycles. The third-order valence-electron chi connectivity index (χ3n) is 3.49. The summed E-state index contributed by atoms with van der Waals surface area (Å²) >= 11 is 0.580. The monoisotopic (exact) mass is 445 g/mol. The molecule has 0 unspecified atom stereocenters. The first-order valence-corrected chi connectivity index (χ1v) is 10.8. The van der Waals surface area contributed by atoms with Crippen molar-refractivity contribution in [2.45, 2.75) is 6.92 Å². The maximum absolute atomic E-state index is 11.0. The summed E-state index contributed by atoms with van der Waals surface area (Å²) in [7, 11) is 0. The normalized spacial score (nSPS) is 13.5. The number of nitrogens with one attached hydrogen (secondary N) is 1. The van der Waals surface area contributed by atoms with Gasteiger partial charge in [-0.1, -0.05) is 0 Å². The van der Waals surface area contributed by atoms with Crippen LogP contribution in [-0.4, -0.2) is 53.1 Å². The first-order chi connectivity index (χ1) is 11.6. The van der Waals surface area contributed by atoms with Gasteiger partial charge in [0.2, 0.25) is 0 Å². The summed E-state index contributed by atoms with van der Waals surface area (Å²) in [5.74, 6) is -0.335. The quantitative estimate of drug-likeness (QED) is 0.604. The van der Waals surface area contributed by atoms with E-state index >= 15 is 0 Å². The van der Waals surface area contributed by atoms with Crippen LogP contribution in [0.5, 0.6) is 0 Å². The number of rotatable bonds is 4. The van der Waals surface area contributed by atoms with Gasteiger partial charge in [-0.05, 0) is 0 Å². The maximum atomic E-state index is 11.0. The van der Waals surface area contributed by atoms with Crippen LogP contribution in [0.15, 0.2) is 31.1 Å². The number of aromatic carboxylic acids is 1. The Balaban J connectivity index is 1.77. The molecule has 3 aromatic heterocycles. The number of fused-ring (bicyclic) bond motifs is 1. The molecule has 2 N–H and O–H groups in total. The fourth-order valence-electron chi connectivity index (χ4n) is 2.43. The van der Waals surface area contributed by atoms with Gasteiger partial charge >= 0.3 is 152 Å². The number of aryl methyl sites for hydroxylation is 1. The Morgan fingerprint density at radius 3 is 3.04 bits per heavy atom. The fourth-order valence-corrected chi connectivity index (χ4v) is 5.06. The fraction of sp³-hybridized carbons (Fsp3) is 0.0667. The van der Waals surface area contributed by atoms with Gasteiger partial charge in [-0.25, -0.2) is 0 Å². The molecule has 0 saturated carbocycles. The van der Waals surface area contributed by atoms with Gasteiger partial charge in [0.1, 0.15) is 0 Å². The Morgan fingerprint density at radius 2 is 2.33 bits per heavy atom. The third-order valence-corrected chi connectivity index (χ3v) is 6.39. The molecule has 1 aliphatic heterocycles. The Morgan fingerprint density at radius 1 is 1.46 bits per heavy atom. The van der Waals surface area contributed by atoms with Crippen LogP contribution in [0, 0.1) is 6.92 Å². The Labute approximate surface area is 151 Å². The van der Waals surface area contributed by atoms with Crippen LogP contribution in [0.4, 0.5) is 10.8 Å². The van der Waals surface area contributed by atoms with Crippen molar-refractivity contribution < 1.29 is 9.90 Å². The molecule has 0 amide bonds. The molecule has 0 atom stereocenters. The number of nitrogens with zero attached hydrogens (tertiary/aromatic N) is 4. The van der Waals surface area contributed by atoms with Crippen molar-refractivity contribution in [2.24, 2.45) is 3.21 Å². The molecule has 118 valence electrons. The molecule has 0 spiro atoms. The number of anilines is 2. The molecular weight excluding hydrogens is 433 g/mol. The summed E-state index contributed by atoms with van der Waals surface area (Å²) in [6.07, 6.45) is 5.68. The number of hydrogen-bond donors (Lipinski definition) is 2. The predicted molar refractivity (Wildman–Crippen MR) is 94.5 cm³/mol. The molecule has 0 aromatic carbocycles. The van der Waals surface area contributed by atoms with E-state index in [9.17, 15) is 4.79 Å². The first-order valence-electron chi connectivity index (χ1n) is 7.04. The van der Waals surface area contributed by atoms with Crippen molar-refractivity contribution in [3.05, 3.63) is 44.9 Å². The SMILES string of the molecule is Cc1cn2c(C3=[CH][Sn][N]=C3)cnc2c(Nc2cc(C(=O)O)cs2)n1. The number of carbonyl (C=O) groups is 1. The minimum atomic E-state index is -0.942. The van der Waals surface area contributed by atoms with Crippen LogP contribution in [0.3, 0.4) is 0 Å². The van der Waals surface area contributed by atoms with Gasteiger partial charge in [0.05, 0.1) is 0 Å². The van der Waals surface area contributed by atoms with Gasteiger partial charge in [-0.3, -0.25) is 0 Å². The Hall–Kier alpha value is -2.20. The van der Waals surface area contributed by atoms with Crippen LogP contribution in [0.25, 0.3) is 11.2 Å². The Kier molecular flexibility index (Phi) is 3.85. The number of hydrogen-bond acceptors (Lipinski definition) is 6. The molecule has 7 nitrogen and oxygen atoms in total. The standard InChI is InChI=1S/C15H11N5O2S.Sn/c1-8(4-16)11-5-17-14-13(18-9(2)6-20(11)14)19-12-3-10(7-23-12)15(21)22;/h1,3-7H,2H3,(H,18,19)(H,21,22);/q-1;+1. The first kappa shape index (κ1) is 15.3. The van der Waals surface area contributed by atoms with Crippen molar-refractivity contribution >= 4 is 67.0 Å². The van der Waals surface area contributed by atoms with Gasteiger partial charge in [-0.2, -0.15) is 0 Å². The van der Waals surface area contributed by atoms with Crippen LogP contribution < -0.4 is 5.32 Å². The molecule has 0 saturated heterocycles. The Bertz CT molecular complexity index is 1020. The number of aromatic nitrogens is 3. The molecular formula is C15H11N5O2SSn. The van der Waals surface area contributed by atoms with Crippen LogP contribution >= 0.6 is 11.3 Å². The summed E-state index contributed by atoms with van der Waals surface area (Å²) in [4.78, 5) is 20.0. The topological polar surface area (TPSA) is 91.9 Å². The van der Waals surface area contributed by atoms with E-state index in [1.807, 2.05) is 29.9 Å². The zero-order chi connectivity index (χ0) is 16.7. The molecule has 4 rings (SSSR count). The van der Waals surface area contributed by atoms with E-state index in [1.54, 1.807) is 11.4 Å². The second-order valence-corrected chi connectivity index (χ2v) is 8.39. The van der Waals surface area contributed by atoms with Crippen molar-refractivity contribution in [3.63, 3.8) is 0 Å². The van der Waals surface area contributed by atoms with Gasteiger partial charge in [0.25, 0.3) is 0 Å². The number of imidazole rings is 1. The van der Waals surface area contributed by atoms with Crippen LogP contribution in [-0.2, 0) is 0 Å². The van der Waals surface area contributed by atoms with E-state index in [4.69, 9.17) is 5.11 Å². The van der Waals surface area contributed by atoms with E-state index in [2.05, 4.69) is 22.6 Å². The van der Waals surface area contributed by atoms with E-state index in [0.717, 1.165) is 17.0 Å². The molecule has 24 heavy (non-hydrogen) atoms. The van der Waals surface area contributed by atoms with Crippen LogP contribution in [0.1, 0.15) is 21.7 Å². The average Bonchev–Trinajstić information content (AvgIpc) is 3.26. The molecule has 9 heteroatoms. The van der Waals surface area contributed by atoms with E-state index in [-0.39, 0.29) is 5.56 Å². The van der Waals surface area contributed by atoms with Crippen molar-refractivity contribution in [3.8, 4) is 0 Å². The number of allylic oxidation sites excluding steroid dienone is 1. The van der Waals surface area contributed by atoms with Crippen molar-refractivity contribution in [1.29, 1.82) is 0 Å². The molecule has 0 fully saturated rings. The van der Waals surface area contributed by atoms with E-state index < -0.39 is 27.4 Å². The third kappa shape index (κ3) is 2.71. The zero-order valence-corrected chi connectivity index (χ0v) is 16.2. The number of carboxylic acid groups (broad SMARTS) is 1. The summed E-state index contributed by atoms with van der Waals surface area (Å²) in [6.45, 7) is 1.92. The summed E-state index contributed by atoms with van der Waals surface area (Å²) in [5, 5.41) is 14.5. The molecule has 0 aliphatic carbocycles. The summed E-state index contributed by atoms with van der Waals surface area (Å²) in [5.41, 5.74) is 3.91. The minimum absolute atomic E-state index is 0.258. The van der Waals surface area contributed by atoms with E-state index in [0.29, 0.717) is 16.5 Å². The van der Waals surface area contributed by atoms with Crippen LogP contribution in [0.2, 0.25) is 0 Å². The molecule has 1 aliphatic rings. The number of thiophene rings is 1. The summed E-state index contributed by atoms with van der Waals surface area (Å²) < 4.78 is 8.60. The molecule has 0 bridgehead atoms. The second kappa shape index (κ2) is 6.02. The van der Waals surface area contributed by atoms with E-state index in [1.165, 1.54) is 11.3 Å². The molecule has 3 aromatic rings. The summed E-state index contributed by atoms with van der Waals surface area (Å²) in [6, 6.07) is 1.59.